The van der Waals surface area contributed by atoms with Gasteiger partial charge in [0.15, 0.2) is 0 Å². The van der Waals surface area contributed by atoms with Crippen LogP contribution in [0.2, 0.25) is 0 Å². The molecule has 2 rings (SSSR count). The standard InChI is InChI=1S/C18H20BrF/c1-12(2)10-14-4-6-15(7-5-14)18(19)16-8-9-17(20)13(3)11-16/h4-9,11-12,18H,10H2,1-3H3. The molecule has 0 radical (unpaired) electrons. The van der Waals surface area contributed by atoms with Crippen LogP contribution in [0.25, 0.3) is 0 Å². The van der Waals surface area contributed by atoms with Gasteiger partial charge < -0.3 is 0 Å². The first kappa shape index (κ1) is 15.2. The molecule has 1 unspecified atom stereocenters. The van der Waals surface area contributed by atoms with Crippen molar-refractivity contribution in [1.29, 1.82) is 0 Å². The Morgan fingerprint density at radius 3 is 2.15 bits per heavy atom. The molecule has 0 heterocycles. The zero-order valence-electron chi connectivity index (χ0n) is 12.2. The fourth-order valence-corrected chi connectivity index (χ4v) is 2.90. The Bertz CT molecular complexity index is 572. The number of halogens is 2. The molecule has 106 valence electrons. The quantitative estimate of drug-likeness (QED) is 0.618. The molecule has 0 aliphatic heterocycles. The van der Waals surface area contributed by atoms with E-state index in [-0.39, 0.29) is 10.6 Å². The van der Waals surface area contributed by atoms with E-state index < -0.39 is 0 Å². The number of alkyl halides is 1. The maximum absolute atomic E-state index is 13.3. The fourth-order valence-electron chi connectivity index (χ4n) is 2.31. The van der Waals surface area contributed by atoms with Gasteiger partial charge in [0, 0.05) is 0 Å². The average Bonchev–Trinajstić information content (AvgIpc) is 2.41. The highest BCUT2D eigenvalue weighted by Crippen LogP contribution is 2.31. The molecule has 1 atom stereocenters. The van der Waals surface area contributed by atoms with Gasteiger partial charge in [-0.2, -0.15) is 0 Å². The van der Waals surface area contributed by atoms with Crippen LogP contribution < -0.4 is 0 Å². The van der Waals surface area contributed by atoms with E-state index in [1.54, 1.807) is 6.92 Å². The summed E-state index contributed by atoms with van der Waals surface area (Å²) >= 11 is 3.71. The topological polar surface area (TPSA) is 0 Å². The molecular formula is C18H20BrF. The molecule has 0 spiro atoms. The first-order valence-electron chi connectivity index (χ1n) is 6.96. The molecule has 0 nitrogen and oxygen atoms in total. The van der Waals surface area contributed by atoms with Gasteiger partial charge in [-0.3, -0.25) is 0 Å². The van der Waals surface area contributed by atoms with Gasteiger partial charge in [0.2, 0.25) is 0 Å². The Morgan fingerprint density at radius 2 is 1.60 bits per heavy atom. The summed E-state index contributed by atoms with van der Waals surface area (Å²) in [5.41, 5.74) is 4.33. The molecule has 0 aliphatic carbocycles. The highest BCUT2D eigenvalue weighted by atomic mass is 79.9. The third-order valence-corrected chi connectivity index (χ3v) is 4.45. The molecule has 0 aromatic heterocycles. The van der Waals surface area contributed by atoms with Crippen LogP contribution in [-0.2, 0) is 6.42 Å². The Labute approximate surface area is 129 Å². The summed E-state index contributed by atoms with van der Waals surface area (Å²) in [7, 11) is 0. The molecule has 20 heavy (non-hydrogen) atoms. The van der Waals surface area contributed by atoms with Gasteiger partial charge in [0.05, 0.1) is 4.83 Å². The molecular weight excluding hydrogens is 315 g/mol. The minimum atomic E-state index is -0.152. The molecule has 2 aromatic carbocycles. The summed E-state index contributed by atoms with van der Waals surface area (Å²) in [6, 6.07) is 13.9. The van der Waals surface area contributed by atoms with Gasteiger partial charge in [0.25, 0.3) is 0 Å². The van der Waals surface area contributed by atoms with Crippen LogP contribution in [0, 0.1) is 18.7 Å². The van der Waals surface area contributed by atoms with E-state index in [9.17, 15) is 4.39 Å². The lowest BCUT2D eigenvalue weighted by Gasteiger charge is -2.13. The van der Waals surface area contributed by atoms with E-state index in [2.05, 4.69) is 54.0 Å². The predicted molar refractivity (Wildman–Crippen MR) is 86.9 cm³/mol. The summed E-state index contributed by atoms with van der Waals surface area (Å²) in [5.74, 6) is 0.515. The first-order valence-corrected chi connectivity index (χ1v) is 7.88. The molecule has 2 aromatic rings. The van der Waals surface area contributed by atoms with Crippen molar-refractivity contribution in [2.45, 2.75) is 32.0 Å². The van der Waals surface area contributed by atoms with Crippen LogP contribution in [0.1, 0.15) is 40.9 Å². The van der Waals surface area contributed by atoms with Crippen LogP contribution in [0.4, 0.5) is 4.39 Å². The van der Waals surface area contributed by atoms with Crippen molar-refractivity contribution >= 4 is 15.9 Å². The summed E-state index contributed by atoms with van der Waals surface area (Å²) in [4.78, 5) is 0.106. The van der Waals surface area contributed by atoms with Crippen molar-refractivity contribution in [1.82, 2.24) is 0 Å². The Hall–Kier alpha value is -1.15. The highest BCUT2D eigenvalue weighted by Gasteiger charge is 2.11. The van der Waals surface area contributed by atoms with E-state index in [1.807, 2.05) is 12.1 Å². The van der Waals surface area contributed by atoms with Crippen molar-refractivity contribution < 1.29 is 4.39 Å². The Morgan fingerprint density at radius 1 is 1.00 bits per heavy atom. The zero-order valence-corrected chi connectivity index (χ0v) is 13.7. The molecule has 0 saturated heterocycles. The van der Waals surface area contributed by atoms with Gasteiger partial charge in [-0.1, -0.05) is 66.2 Å². The van der Waals surface area contributed by atoms with E-state index in [0.717, 1.165) is 12.0 Å². The smallest absolute Gasteiger partial charge is 0.126 e. The van der Waals surface area contributed by atoms with E-state index in [1.165, 1.54) is 17.2 Å². The molecule has 0 fully saturated rings. The third kappa shape index (κ3) is 3.69. The monoisotopic (exact) mass is 334 g/mol. The average molecular weight is 335 g/mol. The van der Waals surface area contributed by atoms with Gasteiger partial charge in [-0.05, 0) is 47.6 Å². The molecule has 0 bridgehead atoms. The minimum absolute atomic E-state index is 0.106. The molecule has 0 aliphatic rings. The molecule has 0 saturated carbocycles. The van der Waals surface area contributed by atoms with Gasteiger partial charge in [-0.25, -0.2) is 4.39 Å². The highest BCUT2D eigenvalue weighted by molar-refractivity contribution is 9.09. The third-order valence-electron chi connectivity index (χ3n) is 3.39. The normalized spacial score (nSPS) is 12.7. The fraction of sp³-hybridized carbons (Fsp3) is 0.333. The lowest BCUT2D eigenvalue weighted by atomic mass is 9.98. The summed E-state index contributed by atoms with van der Waals surface area (Å²) in [6.07, 6.45) is 1.10. The summed E-state index contributed by atoms with van der Waals surface area (Å²) < 4.78 is 13.3. The van der Waals surface area contributed by atoms with Crippen LogP contribution >= 0.6 is 15.9 Å². The lowest BCUT2D eigenvalue weighted by Crippen LogP contribution is -1.97. The van der Waals surface area contributed by atoms with Gasteiger partial charge in [-0.15, -0.1) is 0 Å². The second-order valence-electron chi connectivity index (χ2n) is 5.71. The molecule has 0 N–H and O–H groups in total. The Balaban J connectivity index is 2.20. The Kier molecular flexibility index (Phi) is 4.98. The molecule has 0 amide bonds. The number of benzene rings is 2. The van der Waals surface area contributed by atoms with Crippen molar-refractivity contribution in [3.63, 3.8) is 0 Å². The van der Waals surface area contributed by atoms with Crippen LogP contribution in [-0.4, -0.2) is 0 Å². The summed E-state index contributed by atoms with van der Waals surface area (Å²) in [6.45, 7) is 6.25. The van der Waals surface area contributed by atoms with Gasteiger partial charge >= 0.3 is 0 Å². The van der Waals surface area contributed by atoms with Crippen molar-refractivity contribution in [3.8, 4) is 0 Å². The number of rotatable bonds is 4. The van der Waals surface area contributed by atoms with Crippen molar-refractivity contribution in [3.05, 3.63) is 70.5 Å². The van der Waals surface area contributed by atoms with Crippen LogP contribution in [0.5, 0.6) is 0 Å². The zero-order chi connectivity index (χ0) is 14.7. The largest absolute Gasteiger partial charge is 0.207 e. The van der Waals surface area contributed by atoms with Gasteiger partial charge in [0.1, 0.15) is 5.82 Å². The van der Waals surface area contributed by atoms with Crippen LogP contribution in [0.15, 0.2) is 42.5 Å². The maximum atomic E-state index is 13.3. The van der Waals surface area contributed by atoms with E-state index in [0.29, 0.717) is 11.5 Å². The maximum Gasteiger partial charge on any atom is 0.126 e. The van der Waals surface area contributed by atoms with E-state index >= 15 is 0 Å². The van der Waals surface area contributed by atoms with Crippen molar-refractivity contribution in [2.75, 3.05) is 0 Å². The lowest BCUT2D eigenvalue weighted by molar-refractivity contribution is 0.618. The second kappa shape index (κ2) is 6.53. The summed E-state index contributed by atoms with van der Waals surface area (Å²) in [5, 5.41) is 0. The number of hydrogen-bond donors (Lipinski definition) is 0. The minimum Gasteiger partial charge on any atom is -0.207 e. The van der Waals surface area contributed by atoms with Crippen molar-refractivity contribution in [2.24, 2.45) is 5.92 Å². The molecule has 2 heteroatoms. The van der Waals surface area contributed by atoms with E-state index in [4.69, 9.17) is 0 Å². The predicted octanol–water partition coefficient (Wildman–Crippen LogP) is 5.82. The first-order chi connectivity index (χ1) is 9.47. The number of hydrogen-bond acceptors (Lipinski definition) is 0. The number of aryl methyl sites for hydroxylation is 1. The van der Waals surface area contributed by atoms with Crippen LogP contribution in [0.3, 0.4) is 0 Å². The SMILES string of the molecule is Cc1cc(C(Br)c2ccc(CC(C)C)cc2)ccc1F. The second-order valence-corrected chi connectivity index (χ2v) is 6.63.